The number of rotatable bonds is 3. The third kappa shape index (κ3) is 4.35. The SMILES string of the molecule is C1=CC(c2nc(-c3ccccc3)nc(-c3ccc4c(c3)Sc3ccccc3S4)n2)Cc2c1c1ccccc1c1ccccc21. The van der Waals surface area contributed by atoms with E-state index in [1.807, 2.05) is 41.7 Å². The first-order chi connectivity index (χ1) is 21.8. The van der Waals surface area contributed by atoms with Gasteiger partial charge in [-0.3, -0.25) is 0 Å². The summed E-state index contributed by atoms with van der Waals surface area (Å²) in [6.07, 6.45) is 5.41. The van der Waals surface area contributed by atoms with Crippen molar-refractivity contribution in [3.05, 3.63) is 144 Å². The minimum Gasteiger partial charge on any atom is -0.212 e. The van der Waals surface area contributed by atoms with Gasteiger partial charge in [0.05, 0.1) is 0 Å². The molecular formula is C39H25N3S2. The van der Waals surface area contributed by atoms with Crippen LogP contribution in [0.2, 0.25) is 0 Å². The predicted octanol–water partition coefficient (Wildman–Crippen LogP) is 10.5. The van der Waals surface area contributed by atoms with Gasteiger partial charge in [-0.25, -0.2) is 15.0 Å². The van der Waals surface area contributed by atoms with E-state index in [4.69, 9.17) is 15.0 Å². The lowest BCUT2D eigenvalue weighted by atomic mass is 9.82. The Morgan fingerprint density at radius 3 is 1.86 bits per heavy atom. The normalized spacial score (nSPS) is 15.1. The van der Waals surface area contributed by atoms with Crippen LogP contribution in [0.4, 0.5) is 0 Å². The Labute approximate surface area is 264 Å². The summed E-state index contributed by atoms with van der Waals surface area (Å²) in [6.45, 7) is 0. The van der Waals surface area contributed by atoms with E-state index < -0.39 is 0 Å². The van der Waals surface area contributed by atoms with Crippen molar-refractivity contribution < 1.29 is 0 Å². The van der Waals surface area contributed by atoms with E-state index in [0.717, 1.165) is 23.4 Å². The van der Waals surface area contributed by atoms with Crippen LogP contribution in [0.25, 0.3) is 50.4 Å². The molecule has 1 atom stereocenters. The molecule has 0 N–H and O–H groups in total. The fraction of sp³-hybridized carbons (Fsp3) is 0.0513. The van der Waals surface area contributed by atoms with E-state index >= 15 is 0 Å². The van der Waals surface area contributed by atoms with E-state index in [2.05, 4.69) is 115 Å². The Morgan fingerprint density at radius 2 is 1.09 bits per heavy atom. The molecule has 0 amide bonds. The molecule has 5 heteroatoms. The van der Waals surface area contributed by atoms with E-state index in [1.165, 1.54) is 52.3 Å². The molecule has 1 aromatic heterocycles. The minimum absolute atomic E-state index is 0.0331. The molecule has 0 bridgehead atoms. The molecule has 6 aromatic carbocycles. The Hall–Kier alpha value is -4.71. The first kappa shape index (κ1) is 25.8. The Kier molecular flexibility index (Phi) is 6.13. The van der Waals surface area contributed by atoms with Crippen molar-refractivity contribution in [3.63, 3.8) is 0 Å². The summed E-state index contributed by atoms with van der Waals surface area (Å²) < 4.78 is 0. The zero-order valence-electron chi connectivity index (χ0n) is 23.6. The first-order valence-corrected chi connectivity index (χ1v) is 16.4. The number of aromatic nitrogens is 3. The van der Waals surface area contributed by atoms with E-state index in [1.54, 1.807) is 0 Å². The summed E-state index contributed by atoms with van der Waals surface area (Å²) in [7, 11) is 0. The van der Waals surface area contributed by atoms with Gasteiger partial charge < -0.3 is 0 Å². The van der Waals surface area contributed by atoms with Crippen LogP contribution in [-0.4, -0.2) is 15.0 Å². The smallest absolute Gasteiger partial charge is 0.163 e. The van der Waals surface area contributed by atoms with Gasteiger partial charge in [-0.2, -0.15) is 0 Å². The number of hydrogen-bond donors (Lipinski definition) is 0. The van der Waals surface area contributed by atoms with Gasteiger partial charge in [-0.1, -0.05) is 127 Å². The highest BCUT2D eigenvalue weighted by Crippen LogP contribution is 2.49. The maximum absolute atomic E-state index is 5.17. The summed E-state index contributed by atoms with van der Waals surface area (Å²) in [5, 5.41) is 5.19. The monoisotopic (exact) mass is 599 g/mol. The molecule has 0 spiro atoms. The van der Waals surface area contributed by atoms with Gasteiger partial charge in [0.2, 0.25) is 0 Å². The average Bonchev–Trinajstić information content (AvgIpc) is 3.10. The summed E-state index contributed by atoms with van der Waals surface area (Å²) in [5.41, 5.74) is 4.66. The Bertz CT molecular complexity index is 2280. The molecule has 0 saturated carbocycles. The van der Waals surface area contributed by atoms with Gasteiger partial charge in [0.25, 0.3) is 0 Å². The van der Waals surface area contributed by atoms with Gasteiger partial charge in [0.15, 0.2) is 11.6 Å². The number of nitrogens with zero attached hydrogens (tertiary/aromatic N) is 3. The molecule has 0 saturated heterocycles. The molecule has 0 radical (unpaired) electrons. The molecule has 1 unspecified atom stereocenters. The number of benzene rings is 6. The van der Waals surface area contributed by atoms with Gasteiger partial charge in [-0.15, -0.1) is 0 Å². The summed E-state index contributed by atoms with van der Waals surface area (Å²) in [6, 6.07) is 43.0. The van der Waals surface area contributed by atoms with Gasteiger partial charge in [0.1, 0.15) is 5.82 Å². The van der Waals surface area contributed by atoms with Crippen LogP contribution in [0.1, 0.15) is 22.9 Å². The zero-order valence-corrected chi connectivity index (χ0v) is 25.3. The van der Waals surface area contributed by atoms with Crippen molar-refractivity contribution in [1.29, 1.82) is 0 Å². The molecular weight excluding hydrogens is 575 g/mol. The van der Waals surface area contributed by atoms with Crippen molar-refractivity contribution in [2.75, 3.05) is 0 Å². The van der Waals surface area contributed by atoms with Gasteiger partial charge >= 0.3 is 0 Å². The van der Waals surface area contributed by atoms with Crippen LogP contribution in [0.15, 0.2) is 147 Å². The highest BCUT2D eigenvalue weighted by atomic mass is 32.2. The highest BCUT2D eigenvalue weighted by molar-refractivity contribution is 8.05. The third-order valence-electron chi connectivity index (χ3n) is 8.51. The van der Waals surface area contributed by atoms with Crippen LogP contribution < -0.4 is 0 Å². The Morgan fingerprint density at radius 1 is 0.500 bits per heavy atom. The van der Waals surface area contributed by atoms with Crippen molar-refractivity contribution in [3.8, 4) is 22.8 Å². The zero-order chi connectivity index (χ0) is 29.0. The third-order valence-corrected chi connectivity index (χ3v) is 11.1. The lowest BCUT2D eigenvalue weighted by Crippen LogP contribution is -2.12. The Balaban J connectivity index is 1.17. The molecule has 7 aromatic rings. The van der Waals surface area contributed by atoms with Gasteiger partial charge in [0, 0.05) is 36.6 Å². The van der Waals surface area contributed by atoms with E-state index in [0.29, 0.717) is 11.6 Å². The summed E-state index contributed by atoms with van der Waals surface area (Å²) >= 11 is 3.64. The molecule has 2 aliphatic rings. The van der Waals surface area contributed by atoms with Crippen LogP contribution in [0, 0.1) is 0 Å². The lowest BCUT2D eigenvalue weighted by molar-refractivity contribution is 0.752. The predicted molar refractivity (Wildman–Crippen MR) is 182 cm³/mol. The maximum atomic E-state index is 5.17. The highest BCUT2D eigenvalue weighted by Gasteiger charge is 2.25. The van der Waals surface area contributed by atoms with Crippen molar-refractivity contribution in [2.24, 2.45) is 0 Å². The fourth-order valence-corrected chi connectivity index (χ4v) is 8.65. The summed E-state index contributed by atoms with van der Waals surface area (Å²) in [5.74, 6) is 2.26. The van der Waals surface area contributed by atoms with Gasteiger partial charge in [-0.05, 0) is 69.4 Å². The molecule has 9 rings (SSSR count). The number of allylic oxidation sites excluding steroid dienone is 1. The average molecular weight is 600 g/mol. The molecule has 2 heterocycles. The maximum Gasteiger partial charge on any atom is 0.163 e. The van der Waals surface area contributed by atoms with Crippen molar-refractivity contribution >= 4 is 51.1 Å². The second kappa shape index (κ2) is 10.5. The van der Waals surface area contributed by atoms with E-state index in [9.17, 15) is 0 Å². The second-order valence-electron chi connectivity index (χ2n) is 11.2. The number of hydrogen-bond acceptors (Lipinski definition) is 5. The largest absolute Gasteiger partial charge is 0.212 e. The van der Waals surface area contributed by atoms with Crippen LogP contribution >= 0.6 is 23.5 Å². The molecule has 208 valence electrons. The standard InChI is InChI=1S/C39H25N3S2/c1-2-10-24(11-3-1)37-40-38(42-39(41-37)26-19-21-35-36(23-26)44-34-17-9-8-16-33(34)43-35)25-18-20-31-29-14-5-4-12-27(29)28-13-6-7-15-30(28)32(31)22-25/h1-21,23,25H,22H2. The summed E-state index contributed by atoms with van der Waals surface area (Å²) in [4.78, 5) is 20.4. The number of fused-ring (bicyclic) bond motifs is 8. The van der Waals surface area contributed by atoms with Crippen LogP contribution in [0.5, 0.6) is 0 Å². The molecule has 0 fully saturated rings. The van der Waals surface area contributed by atoms with E-state index in [-0.39, 0.29) is 5.92 Å². The molecule has 1 aliphatic carbocycles. The fourth-order valence-electron chi connectivity index (χ4n) is 6.40. The van der Waals surface area contributed by atoms with Crippen molar-refractivity contribution in [2.45, 2.75) is 31.9 Å². The van der Waals surface area contributed by atoms with Crippen LogP contribution in [-0.2, 0) is 6.42 Å². The topological polar surface area (TPSA) is 38.7 Å². The lowest BCUT2D eigenvalue weighted by Gasteiger charge is -2.23. The molecule has 3 nitrogen and oxygen atoms in total. The van der Waals surface area contributed by atoms with Crippen LogP contribution in [0.3, 0.4) is 0 Å². The molecule has 1 aliphatic heterocycles. The quantitative estimate of drug-likeness (QED) is 0.189. The second-order valence-corrected chi connectivity index (χ2v) is 13.3. The molecule has 44 heavy (non-hydrogen) atoms. The van der Waals surface area contributed by atoms with Crippen molar-refractivity contribution in [1.82, 2.24) is 15.0 Å². The first-order valence-electron chi connectivity index (χ1n) is 14.8. The minimum atomic E-state index is 0.0331.